The molecule has 2 aliphatic heterocycles. The number of benzene rings is 2. The molecule has 0 radical (unpaired) electrons. The second-order valence-electron chi connectivity index (χ2n) is 6.66. The molecule has 0 atom stereocenters. The number of sulfonamides is 1. The molecular formula is C19H20ClFN4O2S. The van der Waals surface area contributed by atoms with Gasteiger partial charge in [-0.1, -0.05) is 11.6 Å². The third-order valence-corrected chi connectivity index (χ3v) is 6.98. The average molecular weight is 423 g/mol. The van der Waals surface area contributed by atoms with Gasteiger partial charge in [0, 0.05) is 36.9 Å². The molecule has 9 heteroatoms. The van der Waals surface area contributed by atoms with Gasteiger partial charge >= 0.3 is 0 Å². The molecule has 0 spiro atoms. The van der Waals surface area contributed by atoms with Crippen LogP contribution in [-0.2, 0) is 10.0 Å². The van der Waals surface area contributed by atoms with Crippen LogP contribution in [0.15, 0.2) is 58.4 Å². The Labute approximate surface area is 168 Å². The molecule has 2 heterocycles. The van der Waals surface area contributed by atoms with Crippen molar-refractivity contribution < 1.29 is 12.8 Å². The van der Waals surface area contributed by atoms with Gasteiger partial charge in [-0.3, -0.25) is 4.99 Å². The van der Waals surface area contributed by atoms with Crippen LogP contribution in [0.5, 0.6) is 0 Å². The molecule has 1 saturated heterocycles. The molecule has 0 unspecified atom stereocenters. The van der Waals surface area contributed by atoms with Gasteiger partial charge in [0.1, 0.15) is 5.82 Å². The van der Waals surface area contributed by atoms with E-state index in [1.54, 1.807) is 24.3 Å². The molecule has 0 aromatic heterocycles. The summed E-state index contributed by atoms with van der Waals surface area (Å²) < 4.78 is 40.6. The van der Waals surface area contributed by atoms with Crippen molar-refractivity contribution in [2.75, 3.05) is 44.2 Å². The van der Waals surface area contributed by atoms with Crippen LogP contribution in [0.1, 0.15) is 0 Å². The molecule has 0 aliphatic carbocycles. The fraction of sp³-hybridized carbons (Fsp3) is 0.316. The largest absolute Gasteiger partial charge is 0.368 e. The second kappa shape index (κ2) is 7.60. The van der Waals surface area contributed by atoms with Crippen LogP contribution >= 0.6 is 11.6 Å². The Kier molecular flexibility index (Phi) is 5.16. The molecule has 2 aromatic carbocycles. The van der Waals surface area contributed by atoms with Gasteiger partial charge in [-0.2, -0.15) is 0 Å². The zero-order valence-corrected chi connectivity index (χ0v) is 16.7. The van der Waals surface area contributed by atoms with Crippen LogP contribution in [0.25, 0.3) is 0 Å². The molecule has 4 rings (SSSR count). The highest BCUT2D eigenvalue weighted by Crippen LogP contribution is 2.23. The van der Waals surface area contributed by atoms with Gasteiger partial charge in [-0.25, -0.2) is 17.1 Å². The Bertz CT molecular complexity index is 972. The standard InChI is InChI=1S/C19H20ClFN4O2S/c20-15-1-7-18(8-2-15)28(26,27)25-10-9-22-19(25)24-13-11-23(12-14-24)17-5-3-16(21)4-6-17/h1-8H,9-14H2. The van der Waals surface area contributed by atoms with Crippen molar-refractivity contribution in [3.05, 3.63) is 59.4 Å². The molecule has 148 valence electrons. The SMILES string of the molecule is O=S(=O)(c1ccc(Cl)cc1)N1CCN=C1N1CCN(c2ccc(F)cc2)CC1. The smallest absolute Gasteiger partial charge is 0.266 e. The maximum absolute atomic E-state index is 13.1. The van der Waals surface area contributed by atoms with Gasteiger partial charge in [-0.05, 0) is 48.5 Å². The molecule has 2 aromatic rings. The highest BCUT2D eigenvalue weighted by atomic mass is 35.5. The predicted molar refractivity (Wildman–Crippen MR) is 108 cm³/mol. The lowest BCUT2D eigenvalue weighted by molar-refractivity contribution is 0.358. The van der Waals surface area contributed by atoms with Gasteiger partial charge in [0.05, 0.1) is 18.0 Å². The number of rotatable bonds is 3. The minimum absolute atomic E-state index is 0.205. The first-order chi connectivity index (χ1) is 13.4. The van der Waals surface area contributed by atoms with Crippen molar-refractivity contribution in [3.8, 4) is 0 Å². The van der Waals surface area contributed by atoms with E-state index in [1.807, 2.05) is 4.90 Å². The number of anilines is 1. The summed E-state index contributed by atoms with van der Waals surface area (Å²) in [6.45, 7) is 3.48. The molecule has 6 nitrogen and oxygen atoms in total. The first-order valence-corrected chi connectivity index (χ1v) is 10.9. The quantitative estimate of drug-likeness (QED) is 0.763. The Balaban J connectivity index is 1.47. The van der Waals surface area contributed by atoms with Crippen LogP contribution in [-0.4, -0.2) is 62.9 Å². The molecule has 0 N–H and O–H groups in total. The first-order valence-electron chi connectivity index (χ1n) is 9.03. The van der Waals surface area contributed by atoms with Crippen LogP contribution in [0.2, 0.25) is 5.02 Å². The zero-order valence-electron chi connectivity index (χ0n) is 15.1. The second-order valence-corrected chi connectivity index (χ2v) is 8.96. The summed E-state index contributed by atoms with van der Waals surface area (Å²) in [5.74, 6) is 0.236. The Morgan fingerprint density at radius 2 is 1.46 bits per heavy atom. The van der Waals surface area contributed by atoms with E-state index in [0.717, 1.165) is 5.69 Å². The molecule has 0 bridgehead atoms. The summed E-state index contributed by atoms with van der Waals surface area (Å²) >= 11 is 5.88. The van der Waals surface area contributed by atoms with Gasteiger partial charge < -0.3 is 9.80 Å². The first kappa shape index (κ1) is 19.0. The molecule has 28 heavy (non-hydrogen) atoms. The van der Waals surface area contributed by atoms with E-state index >= 15 is 0 Å². The van der Waals surface area contributed by atoms with E-state index in [4.69, 9.17) is 11.6 Å². The monoisotopic (exact) mass is 422 g/mol. The summed E-state index contributed by atoms with van der Waals surface area (Å²) in [4.78, 5) is 8.82. The van der Waals surface area contributed by atoms with E-state index < -0.39 is 10.0 Å². The van der Waals surface area contributed by atoms with E-state index in [0.29, 0.717) is 50.3 Å². The van der Waals surface area contributed by atoms with Crippen molar-refractivity contribution in [3.63, 3.8) is 0 Å². The lowest BCUT2D eigenvalue weighted by Crippen LogP contribution is -2.53. The van der Waals surface area contributed by atoms with Crippen molar-refractivity contribution in [2.45, 2.75) is 4.90 Å². The van der Waals surface area contributed by atoms with Crippen molar-refractivity contribution >= 4 is 33.3 Å². The minimum Gasteiger partial charge on any atom is -0.368 e. The lowest BCUT2D eigenvalue weighted by atomic mass is 10.2. The lowest BCUT2D eigenvalue weighted by Gasteiger charge is -2.38. The third kappa shape index (κ3) is 3.66. The normalized spacial score (nSPS) is 17.8. The number of halogens is 2. The van der Waals surface area contributed by atoms with Gasteiger partial charge in [0.15, 0.2) is 0 Å². The molecular weight excluding hydrogens is 403 g/mol. The van der Waals surface area contributed by atoms with Crippen molar-refractivity contribution in [1.82, 2.24) is 9.21 Å². The summed E-state index contributed by atoms with van der Waals surface area (Å²) in [7, 11) is -3.68. The Morgan fingerprint density at radius 1 is 0.857 bits per heavy atom. The summed E-state index contributed by atoms with van der Waals surface area (Å²) in [6.07, 6.45) is 0. The van der Waals surface area contributed by atoms with E-state index in [2.05, 4.69) is 9.89 Å². The van der Waals surface area contributed by atoms with Crippen LogP contribution < -0.4 is 4.90 Å². The van der Waals surface area contributed by atoms with E-state index in [1.165, 1.54) is 28.6 Å². The molecule has 0 saturated carbocycles. The number of hydrogen-bond acceptors (Lipinski definition) is 5. The third-order valence-electron chi connectivity index (χ3n) is 4.94. The van der Waals surface area contributed by atoms with Gasteiger partial charge in [0.2, 0.25) is 5.96 Å². The number of nitrogens with zero attached hydrogens (tertiary/aromatic N) is 4. The van der Waals surface area contributed by atoms with E-state index in [9.17, 15) is 12.8 Å². The van der Waals surface area contributed by atoms with E-state index in [-0.39, 0.29) is 10.7 Å². The molecule has 1 fully saturated rings. The summed E-state index contributed by atoms with van der Waals surface area (Å²) in [6, 6.07) is 12.6. The highest BCUT2D eigenvalue weighted by Gasteiger charge is 2.34. The zero-order chi connectivity index (χ0) is 19.7. The van der Waals surface area contributed by atoms with Crippen molar-refractivity contribution in [1.29, 1.82) is 0 Å². The maximum Gasteiger partial charge on any atom is 0.266 e. The summed E-state index contributed by atoms with van der Waals surface area (Å²) in [5.41, 5.74) is 0.958. The topological polar surface area (TPSA) is 56.2 Å². The molecule has 2 aliphatic rings. The van der Waals surface area contributed by atoms with Crippen LogP contribution in [0.4, 0.5) is 10.1 Å². The molecule has 0 amide bonds. The van der Waals surface area contributed by atoms with Crippen LogP contribution in [0, 0.1) is 5.82 Å². The van der Waals surface area contributed by atoms with Gasteiger partial charge in [-0.15, -0.1) is 0 Å². The predicted octanol–water partition coefficient (Wildman–Crippen LogP) is 2.66. The maximum atomic E-state index is 13.1. The fourth-order valence-electron chi connectivity index (χ4n) is 3.46. The fourth-order valence-corrected chi connectivity index (χ4v) is 5.03. The number of piperazine rings is 1. The average Bonchev–Trinajstić information content (AvgIpc) is 3.20. The van der Waals surface area contributed by atoms with Crippen LogP contribution in [0.3, 0.4) is 0 Å². The number of guanidine groups is 1. The highest BCUT2D eigenvalue weighted by molar-refractivity contribution is 7.89. The Morgan fingerprint density at radius 3 is 2.11 bits per heavy atom. The number of aliphatic imine (C=N–C) groups is 1. The minimum atomic E-state index is -3.68. The Hall–Kier alpha value is -2.32. The van der Waals surface area contributed by atoms with Crippen molar-refractivity contribution in [2.24, 2.45) is 4.99 Å². The summed E-state index contributed by atoms with van der Waals surface area (Å²) in [5, 5.41) is 0.492. The number of hydrogen-bond donors (Lipinski definition) is 0. The van der Waals surface area contributed by atoms with Gasteiger partial charge in [0.25, 0.3) is 10.0 Å².